The minimum absolute atomic E-state index is 0. The zero-order valence-electron chi connectivity index (χ0n) is 12.9. The fraction of sp³-hybridized carbons (Fsp3) is 0.533. The molecule has 23 heavy (non-hydrogen) atoms. The lowest BCUT2D eigenvalue weighted by molar-refractivity contribution is -0.125. The second-order valence-electron chi connectivity index (χ2n) is 5.76. The average Bonchev–Trinajstić information content (AvgIpc) is 2.95. The van der Waals surface area contributed by atoms with Crippen LogP contribution in [0.2, 0.25) is 0 Å². The Bertz CT molecular complexity index is 619. The number of sulfonamides is 1. The molecule has 0 radical (unpaired) electrons. The van der Waals surface area contributed by atoms with Gasteiger partial charge in [-0.3, -0.25) is 4.79 Å². The van der Waals surface area contributed by atoms with E-state index in [0.29, 0.717) is 25.4 Å². The Kier molecular flexibility index (Phi) is 7.47. The van der Waals surface area contributed by atoms with E-state index in [0.717, 1.165) is 24.8 Å². The van der Waals surface area contributed by atoms with Crippen LogP contribution < -0.4 is 16.2 Å². The van der Waals surface area contributed by atoms with Crippen LogP contribution in [0.4, 0.5) is 0 Å². The van der Waals surface area contributed by atoms with Gasteiger partial charge in [0.2, 0.25) is 15.9 Å². The smallest absolute Gasteiger partial charge is 0.238 e. The summed E-state index contributed by atoms with van der Waals surface area (Å²) in [7, 11) is -3.66. The van der Waals surface area contributed by atoms with E-state index in [1.165, 1.54) is 12.1 Å². The third-order valence-electron chi connectivity index (χ3n) is 4.26. The third-order valence-corrected chi connectivity index (χ3v) is 5.19. The molecule has 0 heterocycles. The number of carbonyl (C=O) groups is 1. The highest BCUT2D eigenvalue weighted by atomic mass is 35.5. The molecule has 6 nitrogen and oxygen atoms in total. The van der Waals surface area contributed by atoms with Gasteiger partial charge in [0.1, 0.15) is 0 Å². The number of primary sulfonamides is 1. The molecule has 1 saturated carbocycles. The fourth-order valence-electron chi connectivity index (χ4n) is 2.97. The van der Waals surface area contributed by atoms with Crippen molar-refractivity contribution < 1.29 is 13.2 Å². The molecule has 1 aliphatic rings. The van der Waals surface area contributed by atoms with Crippen LogP contribution in [-0.4, -0.2) is 27.4 Å². The van der Waals surface area contributed by atoms with E-state index in [1.54, 1.807) is 12.1 Å². The Hall–Kier alpha value is -1.15. The molecule has 0 saturated heterocycles. The van der Waals surface area contributed by atoms with E-state index in [9.17, 15) is 13.2 Å². The lowest BCUT2D eigenvalue weighted by atomic mass is 9.95. The third kappa shape index (κ3) is 5.46. The van der Waals surface area contributed by atoms with Crippen molar-refractivity contribution in [2.45, 2.75) is 30.6 Å². The number of hydrogen-bond acceptors (Lipinski definition) is 4. The molecule has 1 aliphatic carbocycles. The summed E-state index contributed by atoms with van der Waals surface area (Å²) in [6, 6.07) is 6.39. The first-order chi connectivity index (χ1) is 10.4. The first-order valence-electron chi connectivity index (χ1n) is 7.51. The molecule has 1 fully saturated rings. The zero-order chi connectivity index (χ0) is 16.2. The van der Waals surface area contributed by atoms with Crippen LogP contribution in [0.1, 0.15) is 24.8 Å². The number of rotatable bonds is 6. The standard InChI is InChI=1S/C15H23N3O3S.ClH/c16-10-12-2-1-3-14(12)15(19)18-9-8-11-4-6-13(7-5-11)22(17,20)21;/h4-7,12,14H,1-3,8-10,16H2,(H,18,19)(H2,17,20,21);1H/t12-,14-;/m1./s1. The topological polar surface area (TPSA) is 115 Å². The van der Waals surface area contributed by atoms with E-state index in [1.807, 2.05) is 0 Å². The van der Waals surface area contributed by atoms with Gasteiger partial charge in [0.05, 0.1) is 4.90 Å². The largest absolute Gasteiger partial charge is 0.356 e. The Balaban J connectivity index is 0.00000264. The van der Waals surface area contributed by atoms with E-state index in [-0.39, 0.29) is 29.1 Å². The predicted molar refractivity (Wildman–Crippen MR) is 91.7 cm³/mol. The Morgan fingerprint density at radius 2 is 1.87 bits per heavy atom. The van der Waals surface area contributed by atoms with E-state index >= 15 is 0 Å². The summed E-state index contributed by atoms with van der Waals surface area (Å²) in [6.07, 6.45) is 3.66. The summed E-state index contributed by atoms with van der Waals surface area (Å²) in [6.45, 7) is 1.09. The van der Waals surface area contributed by atoms with Crippen LogP contribution >= 0.6 is 12.4 Å². The number of benzene rings is 1. The monoisotopic (exact) mass is 361 g/mol. The highest BCUT2D eigenvalue weighted by Crippen LogP contribution is 2.30. The Morgan fingerprint density at radius 3 is 2.43 bits per heavy atom. The molecule has 0 aliphatic heterocycles. The zero-order valence-corrected chi connectivity index (χ0v) is 14.5. The van der Waals surface area contributed by atoms with Crippen molar-refractivity contribution in [3.63, 3.8) is 0 Å². The molecule has 1 amide bonds. The Morgan fingerprint density at radius 1 is 1.22 bits per heavy atom. The van der Waals surface area contributed by atoms with Gasteiger partial charge in [-0.1, -0.05) is 18.6 Å². The maximum Gasteiger partial charge on any atom is 0.238 e. The van der Waals surface area contributed by atoms with Crippen LogP contribution in [0.25, 0.3) is 0 Å². The Labute approximate surface area is 143 Å². The molecular weight excluding hydrogens is 338 g/mol. The summed E-state index contributed by atoms with van der Waals surface area (Å²) in [4.78, 5) is 12.2. The molecule has 0 aromatic heterocycles. The number of halogens is 1. The van der Waals surface area contributed by atoms with Crippen molar-refractivity contribution in [1.29, 1.82) is 0 Å². The molecule has 8 heteroatoms. The fourth-order valence-corrected chi connectivity index (χ4v) is 3.49. The lowest BCUT2D eigenvalue weighted by Gasteiger charge is -2.17. The van der Waals surface area contributed by atoms with Crippen LogP contribution in [0.5, 0.6) is 0 Å². The SMILES string of the molecule is Cl.NC[C@H]1CCC[C@H]1C(=O)NCCc1ccc(S(N)(=O)=O)cc1. The van der Waals surface area contributed by atoms with Crippen LogP contribution in [-0.2, 0) is 21.2 Å². The van der Waals surface area contributed by atoms with Crippen LogP contribution in [0.3, 0.4) is 0 Å². The number of hydrogen-bond donors (Lipinski definition) is 3. The van der Waals surface area contributed by atoms with E-state index < -0.39 is 10.0 Å². The van der Waals surface area contributed by atoms with Crippen LogP contribution in [0, 0.1) is 11.8 Å². The van der Waals surface area contributed by atoms with Gasteiger partial charge < -0.3 is 11.1 Å². The van der Waals surface area contributed by atoms with E-state index in [2.05, 4.69) is 5.32 Å². The van der Waals surface area contributed by atoms with Crippen molar-refractivity contribution in [3.8, 4) is 0 Å². The van der Waals surface area contributed by atoms with Gasteiger partial charge in [0.15, 0.2) is 0 Å². The van der Waals surface area contributed by atoms with Gasteiger partial charge in [-0.15, -0.1) is 12.4 Å². The molecule has 0 spiro atoms. The highest BCUT2D eigenvalue weighted by molar-refractivity contribution is 7.89. The van der Waals surface area contributed by atoms with Crippen LogP contribution in [0.15, 0.2) is 29.2 Å². The maximum absolute atomic E-state index is 12.1. The molecule has 2 rings (SSSR count). The molecule has 0 unspecified atom stereocenters. The summed E-state index contributed by atoms with van der Waals surface area (Å²) in [5, 5.41) is 7.99. The number of amides is 1. The van der Waals surface area contributed by atoms with Crippen molar-refractivity contribution in [3.05, 3.63) is 29.8 Å². The molecule has 130 valence electrons. The molecule has 1 aromatic rings. The van der Waals surface area contributed by atoms with Gasteiger partial charge in [-0.2, -0.15) is 0 Å². The van der Waals surface area contributed by atoms with Crippen molar-refractivity contribution in [2.75, 3.05) is 13.1 Å². The van der Waals surface area contributed by atoms with Gasteiger partial charge in [-0.05, 0) is 49.4 Å². The minimum Gasteiger partial charge on any atom is -0.356 e. The van der Waals surface area contributed by atoms with E-state index in [4.69, 9.17) is 10.9 Å². The summed E-state index contributed by atoms with van der Waals surface area (Å²) in [5.74, 6) is 0.415. The van der Waals surface area contributed by atoms with Gasteiger partial charge >= 0.3 is 0 Å². The molecule has 5 N–H and O–H groups in total. The average molecular weight is 362 g/mol. The van der Waals surface area contributed by atoms with Crippen molar-refractivity contribution in [2.24, 2.45) is 22.7 Å². The normalized spacial score (nSPS) is 20.8. The molecular formula is C15H24ClN3O3S. The van der Waals surface area contributed by atoms with Crippen molar-refractivity contribution >= 4 is 28.3 Å². The summed E-state index contributed by atoms with van der Waals surface area (Å²) >= 11 is 0. The summed E-state index contributed by atoms with van der Waals surface area (Å²) < 4.78 is 22.3. The first kappa shape index (κ1) is 19.9. The minimum atomic E-state index is -3.66. The lowest BCUT2D eigenvalue weighted by Crippen LogP contribution is -2.36. The number of carbonyl (C=O) groups excluding carboxylic acids is 1. The molecule has 1 aromatic carbocycles. The maximum atomic E-state index is 12.1. The second-order valence-corrected chi connectivity index (χ2v) is 7.32. The summed E-state index contributed by atoms with van der Waals surface area (Å²) in [5.41, 5.74) is 6.64. The molecule has 0 bridgehead atoms. The molecule has 2 atom stereocenters. The highest BCUT2D eigenvalue weighted by Gasteiger charge is 2.31. The van der Waals surface area contributed by atoms with Gasteiger partial charge in [0.25, 0.3) is 0 Å². The predicted octanol–water partition coefficient (Wildman–Crippen LogP) is 0.789. The number of nitrogens with one attached hydrogen (secondary N) is 1. The van der Waals surface area contributed by atoms with Gasteiger partial charge in [-0.25, -0.2) is 13.6 Å². The first-order valence-corrected chi connectivity index (χ1v) is 9.06. The second kappa shape index (κ2) is 8.63. The van der Waals surface area contributed by atoms with Gasteiger partial charge in [0, 0.05) is 12.5 Å². The quantitative estimate of drug-likeness (QED) is 0.694. The number of nitrogens with two attached hydrogens (primary N) is 2. The van der Waals surface area contributed by atoms with Crippen molar-refractivity contribution in [1.82, 2.24) is 5.32 Å².